The Hall–Kier alpha value is -2.68. The molecule has 4 atom stereocenters. The first-order valence-electron chi connectivity index (χ1n) is 9.24. The van der Waals surface area contributed by atoms with Gasteiger partial charge in [0.25, 0.3) is 11.5 Å². The van der Waals surface area contributed by atoms with Crippen molar-refractivity contribution in [2.24, 2.45) is 7.05 Å². The van der Waals surface area contributed by atoms with Gasteiger partial charge in [0.2, 0.25) is 11.7 Å². The van der Waals surface area contributed by atoms with Crippen LogP contribution in [0.4, 0.5) is 5.95 Å². The third-order valence-electron chi connectivity index (χ3n) is 5.01. The summed E-state index contributed by atoms with van der Waals surface area (Å²) in [6.07, 6.45) is -1.87. The minimum Gasteiger partial charge on any atom is -0.387 e. The lowest BCUT2D eigenvalue weighted by Gasteiger charge is -2.13. The summed E-state index contributed by atoms with van der Waals surface area (Å²) in [6.45, 7) is 0.0269. The van der Waals surface area contributed by atoms with Gasteiger partial charge in [-0.05, 0) is 0 Å². The van der Waals surface area contributed by atoms with Crippen LogP contribution in [0.2, 0.25) is 0 Å². The van der Waals surface area contributed by atoms with Crippen LogP contribution in [0.15, 0.2) is 17.3 Å². The van der Waals surface area contributed by atoms with Crippen molar-refractivity contribution in [1.82, 2.24) is 29.5 Å². The first kappa shape index (κ1) is 21.5. The zero-order valence-corrected chi connectivity index (χ0v) is 17.2. The van der Waals surface area contributed by atoms with Crippen LogP contribution in [-0.4, -0.2) is 74.0 Å². The number of nitrogens with zero attached hydrogens (tertiary/aromatic N) is 6. The fourth-order valence-corrected chi connectivity index (χ4v) is 4.07. The van der Waals surface area contributed by atoms with E-state index in [1.807, 2.05) is 0 Å². The maximum atomic E-state index is 12.2. The van der Waals surface area contributed by atoms with Crippen molar-refractivity contribution in [2.45, 2.75) is 37.5 Å². The standard InChI is InChI=1S/C15H21N8O7P/c1-21-6-23(12-9(21)13(26)18-15(16)17-12)14-11(25)10(24)8(30-14)5-22-4-7(19-20-22)2-3-31(27,28)29/h4,6,8,10-11,14,24-25H,2-3,5H2,1H3,(H4-,16,17,18,26,27,28,29)/p+1/t8-,10-,11-,14-/m1/s1. The lowest BCUT2D eigenvalue weighted by molar-refractivity contribution is -0.745. The second-order valence-corrected chi connectivity index (χ2v) is 9.15. The summed E-state index contributed by atoms with van der Waals surface area (Å²) in [7, 11) is -2.53. The molecule has 1 fully saturated rings. The van der Waals surface area contributed by atoms with Crippen LogP contribution < -0.4 is 15.9 Å². The molecule has 3 aromatic heterocycles. The van der Waals surface area contributed by atoms with E-state index in [-0.39, 0.29) is 36.2 Å². The summed E-state index contributed by atoms with van der Waals surface area (Å²) in [5.74, 6) is -0.104. The number of nitrogen functional groups attached to an aromatic ring is 1. The maximum Gasteiger partial charge on any atom is 0.325 e. The number of fused-ring (bicyclic) bond motifs is 1. The van der Waals surface area contributed by atoms with Gasteiger partial charge in [-0.1, -0.05) is 10.2 Å². The lowest BCUT2D eigenvalue weighted by Crippen LogP contribution is -2.46. The van der Waals surface area contributed by atoms with Crippen molar-refractivity contribution in [3.63, 3.8) is 0 Å². The van der Waals surface area contributed by atoms with Crippen LogP contribution in [0.3, 0.4) is 0 Å². The highest BCUT2D eigenvalue weighted by Gasteiger charge is 2.47. The van der Waals surface area contributed by atoms with E-state index in [0.717, 1.165) is 0 Å². The number of H-pyrrole nitrogens is 1. The van der Waals surface area contributed by atoms with Crippen LogP contribution in [-0.2, 0) is 29.3 Å². The molecule has 0 unspecified atom stereocenters. The third-order valence-corrected chi connectivity index (χ3v) is 5.82. The number of hydrogen-bond acceptors (Lipinski definition) is 9. The maximum absolute atomic E-state index is 12.2. The molecule has 7 N–H and O–H groups in total. The number of imidazole rings is 1. The second-order valence-electron chi connectivity index (χ2n) is 7.37. The van der Waals surface area contributed by atoms with E-state index in [9.17, 15) is 19.6 Å². The highest BCUT2D eigenvalue weighted by atomic mass is 31.2. The van der Waals surface area contributed by atoms with E-state index >= 15 is 0 Å². The Bertz CT molecular complexity index is 1220. The molecule has 4 rings (SSSR count). The summed E-state index contributed by atoms with van der Waals surface area (Å²) in [5, 5.41) is 28.8. The van der Waals surface area contributed by atoms with E-state index in [0.29, 0.717) is 5.69 Å². The van der Waals surface area contributed by atoms with Crippen LogP contribution in [0, 0.1) is 0 Å². The molecule has 168 valence electrons. The number of aromatic amines is 1. The van der Waals surface area contributed by atoms with E-state index in [2.05, 4.69) is 20.3 Å². The Kier molecular flexibility index (Phi) is 5.41. The number of aromatic nitrogens is 7. The molecule has 1 saturated heterocycles. The van der Waals surface area contributed by atoms with E-state index in [1.54, 1.807) is 7.05 Å². The number of rotatable bonds is 6. The molecule has 0 spiro atoms. The zero-order chi connectivity index (χ0) is 22.5. The fraction of sp³-hybridized carbons (Fsp3) is 0.533. The number of nitrogens with two attached hydrogens (primary N) is 1. The van der Waals surface area contributed by atoms with E-state index in [1.165, 1.54) is 26.3 Å². The van der Waals surface area contributed by atoms with Gasteiger partial charge in [0.15, 0.2) is 6.33 Å². The van der Waals surface area contributed by atoms with E-state index in [4.69, 9.17) is 20.3 Å². The van der Waals surface area contributed by atoms with Crippen molar-refractivity contribution in [2.75, 3.05) is 11.9 Å². The molecule has 0 aliphatic carbocycles. The number of hydrogen-bond donors (Lipinski definition) is 6. The molecule has 0 aromatic carbocycles. The molecule has 0 radical (unpaired) electrons. The smallest absolute Gasteiger partial charge is 0.325 e. The molecule has 31 heavy (non-hydrogen) atoms. The normalized spacial score (nSPS) is 24.3. The molecule has 15 nitrogen and oxygen atoms in total. The molecule has 4 heterocycles. The third kappa shape index (κ3) is 4.23. The fourth-order valence-electron chi connectivity index (χ4n) is 3.55. The van der Waals surface area contributed by atoms with Gasteiger partial charge in [-0.15, -0.1) is 5.10 Å². The molecular weight excluding hydrogens is 435 g/mol. The number of ether oxygens (including phenoxy) is 1. The predicted octanol–water partition coefficient (Wildman–Crippen LogP) is -3.24. The molecule has 1 aliphatic heterocycles. The Morgan fingerprint density at radius 1 is 1.35 bits per heavy atom. The van der Waals surface area contributed by atoms with Gasteiger partial charge < -0.3 is 30.5 Å². The number of aliphatic hydroxyl groups excluding tert-OH is 2. The topological polar surface area (TPSA) is 219 Å². The first-order valence-corrected chi connectivity index (χ1v) is 11.0. The minimum atomic E-state index is -4.16. The number of nitrogens with one attached hydrogen (secondary N) is 1. The van der Waals surface area contributed by atoms with Gasteiger partial charge in [0, 0.05) is 12.6 Å². The highest BCUT2D eigenvalue weighted by Crippen LogP contribution is 2.34. The summed E-state index contributed by atoms with van der Waals surface area (Å²) < 4.78 is 21.1. The first-order chi connectivity index (χ1) is 14.5. The number of aliphatic hydroxyl groups is 2. The predicted molar refractivity (Wildman–Crippen MR) is 103 cm³/mol. The van der Waals surface area contributed by atoms with Crippen molar-refractivity contribution in [3.05, 3.63) is 28.6 Å². The van der Waals surface area contributed by atoms with Crippen LogP contribution in [0.1, 0.15) is 11.9 Å². The SMILES string of the molecule is Cn1c[n+]([C@@H]2O[C@H](Cn3cc(CCP(=O)(O)O)nn3)[C@@H](O)[C@H]2O)c2nc(N)[nH]c(=O)c21. The second kappa shape index (κ2) is 7.78. The molecule has 3 aromatic rings. The summed E-state index contributed by atoms with van der Waals surface area (Å²) in [5.41, 5.74) is 5.95. The van der Waals surface area contributed by atoms with E-state index < -0.39 is 37.7 Å². The lowest BCUT2D eigenvalue weighted by atomic mass is 10.1. The largest absolute Gasteiger partial charge is 0.387 e. The van der Waals surface area contributed by atoms with Gasteiger partial charge in [0.1, 0.15) is 18.3 Å². The average Bonchev–Trinajstić information content (AvgIpc) is 3.32. The van der Waals surface area contributed by atoms with Gasteiger partial charge in [0.05, 0.1) is 25.4 Å². The van der Waals surface area contributed by atoms with Crippen molar-refractivity contribution in [1.29, 1.82) is 0 Å². The molecule has 16 heteroatoms. The quantitative estimate of drug-likeness (QED) is 0.160. The van der Waals surface area contributed by atoms with Crippen LogP contribution in [0.5, 0.6) is 0 Å². The Morgan fingerprint density at radius 3 is 2.81 bits per heavy atom. The molecule has 0 amide bonds. The van der Waals surface area contributed by atoms with Crippen molar-refractivity contribution >= 4 is 24.7 Å². The molecule has 0 saturated carbocycles. The van der Waals surface area contributed by atoms with Crippen molar-refractivity contribution < 1.29 is 33.9 Å². The minimum absolute atomic E-state index is 0.0269. The Labute approximate surface area is 173 Å². The number of aryl methyl sites for hydroxylation is 2. The van der Waals surface area contributed by atoms with Gasteiger partial charge in [-0.2, -0.15) is 0 Å². The molecule has 0 bridgehead atoms. The average molecular weight is 457 g/mol. The number of anilines is 1. The van der Waals surface area contributed by atoms with Gasteiger partial charge in [-0.3, -0.25) is 18.9 Å². The van der Waals surface area contributed by atoms with Gasteiger partial charge >= 0.3 is 13.2 Å². The highest BCUT2D eigenvalue weighted by molar-refractivity contribution is 7.51. The Balaban J connectivity index is 1.54. The Morgan fingerprint density at radius 2 is 2.10 bits per heavy atom. The molecule has 1 aliphatic rings. The van der Waals surface area contributed by atoms with Gasteiger partial charge in [-0.25, -0.2) is 9.25 Å². The molecular formula is C15H22N8O7P+. The summed E-state index contributed by atoms with van der Waals surface area (Å²) in [6, 6.07) is 0. The summed E-state index contributed by atoms with van der Waals surface area (Å²) in [4.78, 5) is 36.6. The monoisotopic (exact) mass is 457 g/mol. The summed E-state index contributed by atoms with van der Waals surface area (Å²) >= 11 is 0. The zero-order valence-electron chi connectivity index (χ0n) is 16.3. The van der Waals surface area contributed by atoms with Crippen molar-refractivity contribution in [3.8, 4) is 0 Å². The van der Waals surface area contributed by atoms with Crippen LogP contribution >= 0.6 is 7.60 Å². The van der Waals surface area contributed by atoms with Crippen LogP contribution in [0.25, 0.3) is 11.2 Å².